The van der Waals surface area contributed by atoms with Gasteiger partial charge in [0.2, 0.25) is 5.91 Å². The average Bonchev–Trinajstić information content (AvgIpc) is 2.83. The van der Waals surface area contributed by atoms with Gasteiger partial charge in [-0.2, -0.15) is 0 Å². The highest BCUT2D eigenvalue weighted by atomic mass is 35.5. The van der Waals surface area contributed by atoms with E-state index in [2.05, 4.69) is 5.32 Å². The second-order valence-corrected chi connectivity index (χ2v) is 11.1. The Bertz CT molecular complexity index is 1240. The predicted molar refractivity (Wildman–Crippen MR) is 151 cm³/mol. The first-order chi connectivity index (χ1) is 17.4. The van der Waals surface area contributed by atoms with E-state index in [0.29, 0.717) is 27.2 Å². The molecule has 0 heterocycles. The van der Waals surface area contributed by atoms with Crippen molar-refractivity contribution >= 4 is 46.6 Å². The van der Waals surface area contributed by atoms with Gasteiger partial charge in [-0.3, -0.25) is 9.59 Å². The number of amides is 2. The van der Waals surface area contributed by atoms with Crippen LogP contribution in [0.4, 0.5) is 0 Å². The largest absolute Gasteiger partial charge is 0.484 e. The third-order valence-corrected chi connectivity index (χ3v) is 6.76. The molecule has 3 aromatic carbocycles. The molecule has 0 bridgehead atoms. The number of carbonyl (C=O) groups excluding carboxylic acids is 2. The topological polar surface area (TPSA) is 58.6 Å². The van der Waals surface area contributed by atoms with Crippen molar-refractivity contribution in [2.75, 3.05) is 6.61 Å². The molecule has 1 N–H and O–H groups in total. The maximum Gasteiger partial charge on any atom is 0.261 e. The van der Waals surface area contributed by atoms with E-state index < -0.39 is 11.6 Å². The smallest absolute Gasteiger partial charge is 0.261 e. The quantitative estimate of drug-likeness (QED) is 0.309. The van der Waals surface area contributed by atoms with Crippen molar-refractivity contribution in [3.05, 3.63) is 98.5 Å². The summed E-state index contributed by atoms with van der Waals surface area (Å²) in [6, 6.07) is 19.2. The van der Waals surface area contributed by atoms with E-state index in [0.717, 1.165) is 16.7 Å². The molecule has 0 aliphatic carbocycles. The molecule has 0 aliphatic rings. The van der Waals surface area contributed by atoms with Gasteiger partial charge in [-0.15, -0.1) is 0 Å². The number of halogens is 3. The molecule has 37 heavy (non-hydrogen) atoms. The van der Waals surface area contributed by atoms with E-state index in [-0.39, 0.29) is 25.0 Å². The molecule has 8 heteroatoms. The van der Waals surface area contributed by atoms with Crippen LogP contribution in [0.2, 0.25) is 15.1 Å². The fraction of sp³-hybridized carbons (Fsp3) is 0.310. The van der Waals surface area contributed by atoms with Gasteiger partial charge in [0, 0.05) is 23.5 Å². The zero-order valence-electron chi connectivity index (χ0n) is 21.4. The SMILES string of the molecule is Cc1cc(OCC(=O)N(Cc2ccc(Cl)c(Cl)c2)[C@@H](Cc2ccccc2)C(=O)NC(C)(C)C)ccc1Cl. The van der Waals surface area contributed by atoms with Gasteiger partial charge in [-0.25, -0.2) is 0 Å². The Labute approximate surface area is 233 Å². The van der Waals surface area contributed by atoms with Crippen LogP contribution in [0.3, 0.4) is 0 Å². The molecule has 0 aliphatic heterocycles. The molecule has 0 aromatic heterocycles. The van der Waals surface area contributed by atoms with Crippen molar-refractivity contribution < 1.29 is 14.3 Å². The molecule has 0 radical (unpaired) electrons. The second-order valence-electron chi connectivity index (χ2n) is 9.91. The molecule has 3 rings (SSSR count). The number of nitrogens with zero attached hydrogens (tertiary/aromatic N) is 1. The summed E-state index contributed by atoms with van der Waals surface area (Å²) >= 11 is 18.5. The van der Waals surface area contributed by atoms with Crippen LogP contribution in [0.1, 0.15) is 37.5 Å². The molecule has 5 nitrogen and oxygen atoms in total. The summed E-state index contributed by atoms with van der Waals surface area (Å²) < 4.78 is 5.82. The Hall–Kier alpha value is -2.73. The first kappa shape index (κ1) is 28.8. The number of rotatable bonds is 9. The Balaban J connectivity index is 1.95. The van der Waals surface area contributed by atoms with Crippen molar-refractivity contribution in [2.45, 2.75) is 52.2 Å². The van der Waals surface area contributed by atoms with Gasteiger partial charge in [0.25, 0.3) is 5.91 Å². The summed E-state index contributed by atoms with van der Waals surface area (Å²) in [6.07, 6.45) is 0.329. The summed E-state index contributed by atoms with van der Waals surface area (Å²) in [4.78, 5) is 28.8. The van der Waals surface area contributed by atoms with Crippen LogP contribution in [-0.4, -0.2) is 34.9 Å². The van der Waals surface area contributed by atoms with Gasteiger partial charge >= 0.3 is 0 Å². The molecule has 1 atom stereocenters. The standard InChI is InChI=1S/C29H31Cl3N2O3/c1-19-14-22(11-13-23(19)30)37-18-27(35)34(17-21-10-12-24(31)25(32)15-21)26(28(36)33-29(2,3)4)16-20-8-6-5-7-9-20/h5-15,26H,16-18H2,1-4H3,(H,33,36)/t26-/m0/s1. The lowest BCUT2D eigenvalue weighted by atomic mass is 10.0. The maximum atomic E-state index is 13.7. The molecule has 2 amide bonds. The van der Waals surface area contributed by atoms with Crippen molar-refractivity contribution in [3.8, 4) is 5.75 Å². The lowest BCUT2D eigenvalue weighted by molar-refractivity contribution is -0.143. The van der Waals surface area contributed by atoms with Gasteiger partial charge in [0.1, 0.15) is 11.8 Å². The van der Waals surface area contributed by atoms with Crippen LogP contribution in [0, 0.1) is 6.92 Å². The van der Waals surface area contributed by atoms with Gasteiger partial charge in [0.05, 0.1) is 10.0 Å². The van der Waals surface area contributed by atoms with Crippen molar-refractivity contribution in [2.24, 2.45) is 0 Å². The molecule has 0 spiro atoms. The number of carbonyl (C=O) groups is 2. The maximum absolute atomic E-state index is 13.7. The molecule has 0 unspecified atom stereocenters. The van der Waals surface area contributed by atoms with Gasteiger partial charge < -0.3 is 15.0 Å². The molecule has 0 fully saturated rings. The van der Waals surface area contributed by atoms with Gasteiger partial charge in [-0.1, -0.05) is 71.2 Å². The van der Waals surface area contributed by atoms with E-state index >= 15 is 0 Å². The predicted octanol–water partition coefficient (Wildman–Crippen LogP) is 6.89. The molecule has 196 valence electrons. The zero-order chi connectivity index (χ0) is 27.2. The van der Waals surface area contributed by atoms with Crippen LogP contribution in [-0.2, 0) is 22.6 Å². The number of aryl methyl sites for hydroxylation is 1. The Kier molecular flexibility index (Phi) is 9.88. The Morgan fingerprint density at radius 1 is 0.892 bits per heavy atom. The highest BCUT2D eigenvalue weighted by Gasteiger charge is 2.32. The van der Waals surface area contributed by atoms with E-state index in [1.165, 1.54) is 4.90 Å². The van der Waals surface area contributed by atoms with Crippen LogP contribution in [0.5, 0.6) is 5.75 Å². The zero-order valence-corrected chi connectivity index (χ0v) is 23.6. The summed E-state index contributed by atoms with van der Waals surface area (Å²) in [5, 5.41) is 4.43. The van der Waals surface area contributed by atoms with Crippen LogP contribution in [0.15, 0.2) is 66.7 Å². The first-order valence-corrected chi connectivity index (χ1v) is 13.0. The molecule has 3 aromatic rings. The monoisotopic (exact) mass is 560 g/mol. The normalized spacial score (nSPS) is 12.1. The Morgan fingerprint density at radius 2 is 1.57 bits per heavy atom. The fourth-order valence-electron chi connectivity index (χ4n) is 3.78. The van der Waals surface area contributed by atoms with E-state index in [9.17, 15) is 9.59 Å². The van der Waals surface area contributed by atoms with Gasteiger partial charge in [-0.05, 0) is 74.7 Å². The number of benzene rings is 3. The molecule has 0 saturated heterocycles. The van der Waals surface area contributed by atoms with E-state index in [1.54, 1.807) is 36.4 Å². The van der Waals surface area contributed by atoms with Crippen molar-refractivity contribution in [1.82, 2.24) is 10.2 Å². The highest BCUT2D eigenvalue weighted by Crippen LogP contribution is 2.25. The number of nitrogens with one attached hydrogen (secondary N) is 1. The summed E-state index contributed by atoms with van der Waals surface area (Å²) in [6.45, 7) is 7.47. The van der Waals surface area contributed by atoms with Gasteiger partial charge in [0.15, 0.2) is 6.61 Å². The minimum Gasteiger partial charge on any atom is -0.484 e. The third-order valence-electron chi connectivity index (χ3n) is 5.60. The number of hydrogen-bond acceptors (Lipinski definition) is 3. The minimum atomic E-state index is -0.792. The van der Waals surface area contributed by atoms with Crippen LogP contribution < -0.4 is 10.1 Å². The van der Waals surface area contributed by atoms with Crippen molar-refractivity contribution in [1.29, 1.82) is 0 Å². The number of hydrogen-bond donors (Lipinski definition) is 1. The summed E-state index contributed by atoms with van der Waals surface area (Å²) in [5.74, 6) is -0.0840. The lowest BCUT2D eigenvalue weighted by Crippen LogP contribution is -2.55. The summed E-state index contributed by atoms with van der Waals surface area (Å²) in [7, 11) is 0. The van der Waals surface area contributed by atoms with E-state index in [4.69, 9.17) is 39.5 Å². The Morgan fingerprint density at radius 3 is 2.19 bits per heavy atom. The summed E-state index contributed by atoms with van der Waals surface area (Å²) in [5.41, 5.74) is 2.03. The fourth-order valence-corrected chi connectivity index (χ4v) is 4.21. The van der Waals surface area contributed by atoms with Crippen LogP contribution >= 0.6 is 34.8 Å². The number of ether oxygens (including phenoxy) is 1. The minimum absolute atomic E-state index is 0.147. The highest BCUT2D eigenvalue weighted by molar-refractivity contribution is 6.42. The van der Waals surface area contributed by atoms with E-state index in [1.807, 2.05) is 58.0 Å². The molecular formula is C29H31Cl3N2O3. The molecular weight excluding hydrogens is 531 g/mol. The second kappa shape index (κ2) is 12.7. The average molecular weight is 562 g/mol. The molecule has 0 saturated carbocycles. The lowest BCUT2D eigenvalue weighted by Gasteiger charge is -2.33. The third kappa shape index (κ3) is 8.67. The van der Waals surface area contributed by atoms with Crippen molar-refractivity contribution in [3.63, 3.8) is 0 Å². The first-order valence-electron chi connectivity index (χ1n) is 11.9. The van der Waals surface area contributed by atoms with Crippen LogP contribution in [0.25, 0.3) is 0 Å².